The summed E-state index contributed by atoms with van der Waals surface area (Å²) in [6.07, 6.45) is 0. The maximum Gasteiger partial charge on any atom is 0.172 e. The maximum absolute atomic E-state index is 9.70. The number of hydrogen-bond donors (Lipinski definition) is 0. The molecule has 5 nitrogen and oxygen atoms in total. The lowest BCUT2D eigenvalue weighted by Crippen LogP contribution is -2.21. The normalized spacial score (nSPS) is 14.4. The van der Waals surface area contributed by atoms with Crippen molar-refractivity contribution in [3.63, 3.8) is 0 Å². The Kier molecular flexibility index (Phi) is 5.14. The van der Waals surface area contributed by atoms with E-state index in [-0.39, 0.29) is 16.9 Å². The summed E-state index contributed by atoms with van der Waals surface area (Å²) in [5, 5.41) is 28.1. The Morgan fingerprint density at radius 3 is 1.76 bits per heavy atom. The van der Waals surface area contributed by atoms with Crippen molar-refractivity contribution in [2.24, 2.45) is 0 Å². The Bertz CT molecular complexity index is 1110. The van der Waals surface area contributed by atoms with E-state index in [2.05, 4.69) is 30.3 Å². The molecule has 2 aromatic rings. The number of hydrogen-bond acceptors (Lipinski definition) is 5. The van der Waals surface area contributed by atoms with Gasteiger partial charge in [0.05, 0.1) is 0 Å². The predicted molar refractivity (Wildman–Crippen MR) is 112 cm³/mol. The second-order valence-corrected chi connectivity index (χ2v) is 7.42. The third-order valence-corrected chi connectivity index (χ3v) is 4.89. The number of anilines is 1. The fourth-order valence-corrected chi connectivity index (χ4v) is 3.45. The molecule has 0 amide bonds. The van der Waals surface area contributed by atoms with Crippen LogP contribution >= 0.6 is 0 Å². The van der Waals surface area contributed by atoms with Gasteiger partial charge in [-0.25, -0.2) is 0 Å². The highest BCUT2D eigenvalue weighted by molar-refractivity contribution is 5.85. The van der Waals surface area contributed by atoms with Crippen molar-refractivity contribution < 1.29 is 4.74 Å². The third kappa shape index (κ3) is 3.57. The van der Waals surface area contributed by atoms with E-state index in [0.29, 0.717) is 5.57 Å². The molecule has 1 aliphatic rings. The summed E-state index contributed by atoms with van der Waals surface area (Å²) in [6.45, 7) is 3.65. The molecular formula is C24H20N4O. The second kappa shape index (κ2) is 7.55. The molecule has 142 valence electrons. The molecule has 0 unspecified atom stereocenters. The molecule has 0 radical (unpaired) electrons. The van der Waals surface area contributed by atoms with Crippen molar-refractivity contribution in [1.29, 1.82) is 15.8 Å². The number of nitriles is 3. The van der Waals surface area contributed by atoms with Gasteiger partial charge >= 0.3 is 0 Å². The van der Waals surface area contributed by atoms with Crippen LogP contribution in [0.5, 0.6) is 0 Å². The highest BCUT2D eigenvalue weighted by Gasteiger charge is 2.40. The van der Waals surface area contributed by atoms with E-state index < -0.39 is 5.60 Å². The van der Waals surface area contributed by atoms with Gasteiger partial charge in [0.15, 0.2) is 11.3 Å². The van der Waals surface area contributed by atoms with Crippen LogP contribution in [0.4, 0.5) is 5.69 Å². The van der Waals surface area contributed by atoms with Gasteiger partial charge < -0.3 is 9.64 Å². The average Bonchev–Trinajstić information content (AvgIpc) is 2.99. The largest absolute Gasteiger partial charge is 0.480 e. The van der Waals surface area contributed by atoms with Gasteiger partial charge in [0, 0.05) is 25.4 Å². The highest BCUT2D eigenvalue weighted by atomic mass is 16.5. The summed E-state index contributed by atoms with van der Waals surface area (Å²) < 4.78 is 5.85. The summed E-state index contributed by atoms with van der Waals surface area (Å²) in [6, 6.07) is 21.9. The van der Waals surface area contributed by atoms with Crippen LogP contribution < -0.4 is 4.90 Å². The van der Waals surface area contributed by atoms with Crippen molar-refractivity contribution in [3.8, 4) is 29.3 Å². The second-order valence-electron chi connectivity index (χ2n) is 7.42. The summed E-state index contributed by atoms with van der Waals surface area (Å²) in [5.74, 6) is 0.0563. The quantitative estimate of drug-likeness (QED) is 0.714. The first kappa shape index (κ1) is 19.7. The molecule has 0 saturated heterocycles. The van der Waals surface area contributed by atoms with Gasteiger partial charge in [-0.3, -0.25) is 0 Å². The minimum absolute atomic E-state index is 0.0563. The van der Waals surface area contributed by atoms with Crippen LogP contribution in [0.1, 0.15) is 19.4 Å². The molecule has 1 heterocycles. The summed E-state index contributed by atoms with van der Waals surface area (Å²) in [7, 11) is 4.00. The first-order valence-electron chi connectivity index (χ1n) is 9.09. The molecule has 5 heteroatoms. The predicted octanol–water partition coefficient (Wildman–Crippen LogP) is 4.81. The molecular weight excluding hydrogens is 360 g/mol. The highest BCUT2D eigenvalue weighted by Crippen LogP contribution is 2.45. The smallest absolute Gasteiger partial charge is 0.172 e. The van der Waals surface area contributed by atoms with Crippen LogP contribution in [0.25, 0.3) is 16.7 Å². The molecule has 0 bridgehead atoms. The lowest BCUT2D eigenvalue weighted by Gasteiger charge is -2.23. The van der Waals surface area contributed by atoms with E-state index in [1.807, 2.05) is 69.2 Å². The Labute approximate surface area is 171 Å². The Morgan fingerprint density at radius 2 is 1.31 bits per heavy atom. The topological polar surface area (TPSA) is 83.8 Å². The van der Waals surface area contributed by atoms with Gasteiger partial charge in [-0.1, -0.05) is 36.4 Å². The van der Waals surface area contributed by atoms with Gasteiger partial charge in [0.1, 0.15) is 29.4 Å². The third-order valence-electron chi connectivity index (χ3n) is 4.89. The van der Waals surface area contributed by atoms with Gasteiger partial charge in [0.25, 0.3) is 0 Å². The zero-order valence-corrected chi connectivity index (χ0v) is 16.8. The Morgan fingerprint density at radius 1 is 0.828 bits per heavy atom. The van der Waals surface area contributed by atoms with Gasteiger partial charge in [-0.15, -0.1) is 0 Å². The molecule has 0 spiro atoms. The summed E-state index contributed by atoms with van der Waals surface area (Å²) in [4.78, 5) is 2.05. The van der Waals surface area contributed by atoms with Crippen molar-refractivity contribution in [3.05, 3.63) is 71.0 Å². The first-order valence-corrected chi connectivity index (χ1v) is 9.09. The van der Waals surface area contributed by atoms with Crippen LogP contribution in [0.2, 0.25) is 0 Å². The number of allylic oxidation sites excluding steroid dienone is 2. The molecule has 0 fully saturated rings. The van der Waals surface area contributed by atoms with Crippen LogP contribution in [-0.2, 0) is 4.74 Å². The Hall–Kier alpha value is -4.01. The van der Waals surface area contributed by atoms with Crippen molar-refractivity contribution >= 4 is 11.3 Å². The lowest BCUT2D eigenvalue weighted by molar-refractivity contribution is 0.109. The standard InChI is InChI=1S/C24H20N4O/c1-24(2)22(21(15-27)23(29-24)19(13-25)14-26)18-7-5-16(6-8-18)17-9-11-20(12-10-17)28(3)4/h5-12H,1-4H3. The molecule has 0 saturated carbocycles. The molecule has 0 atom stereocenters. The van der Waals surface area contributed by atoms with E-state index in [1.165, 1.54) is 0 Å². The van der Waals surface area contributed by atoms with Crippen LogP contribution in [-0.4, -0.2) is 19.7 Å². The van der Waals surface area contributed by atoms with E-state index in [4.69, 9.17) is 4.74 Å². The van der Waals surface area contributed by atoms with Gasteiger partial charge in [-0.05, 0) is 42.7 Å². The summed E-state index contributed by atoms with van der Waals surface area (Å²) in [5.41, 5.74) is 3.99. The lowest BCUT2D eigenvalue weighted by atomic mass is 9.88. The summed E-state index contributed by atoms with van der Waals surface area (Å²) >= 11 is 0. The van der Waals surface area contributed by atoms with E-state index in [0.717, 1.165) is 22.4 Å². The van der Waals surface area contributed by atoms with Gasteiger partial charge in [-0.2, -0.15) is 15.8 Å². The molecule has 2 aromatic carbocycles. The monoisotopic (exact) mass is 380 g/mol. The number of benzene rings is 2. The zero-order chi connectivity index (χ0) is 21.2. The minimum Gasteiger partial charge on any atom is -0.480 e. The van der Waals surface area contributed by atoms with Gasteiger partial charge in [0.2, 0.25) is 0 Å². The first-order chi connectivity index (χ1) is 13.8. The maximum atomic E-state index is 9.70. The molecule has 1 aliphatic heterocycles. The number of ether oxygens (including phenoxy) is 1. The fraction of sp³-hybridized carbons (Fsp3) is 0.208. The molecule has 29 heavy (non-hydrogen) atoms. The number of nitrogens with zero attached hydrogens (tertiary/aromatic N) is 4. The van der Waals surface area contributed by atoms with E-state index >= 15 is 0 Å². The molecule has 0 N–H and O–H groups in total. The molecule has 0 aromatic heterocycles. The fourth-order valence-electron chi connectivity index (χ4n) is 3.45. The van der Waals surface area contributed by atoms with Crippen LogP contribution in [0.15, 0.2) is 65.4 Å². The van der Waals surface area contributed by atoms with Crippen molar-refractivity contribution in [1.82, 2.24) is 0 Å². The van der Waals surface area contributed by atoms with Crippen molar-refractivity contribution in [2.45, 2.75) is 19.4 Å². The molecule has 0 aliphatic carbocycles. The minimum atomic E-state index is -0.825. The van der Waals surface area contributed by atoms with Crippen LogP contribution in [0, 0.1) is 34.0 Å². The van der Waals surface area contributed by atoms with Crippen molar-refractivity contribution in [2.75, 3.05) is 19.0 Å². The van der Waals surface area contributed by atoms with E-state index in [1.54, 1.807) is 0 Å². The van der Waals surface area contributed by atoms with E-state index in [9.17, 15) is 15.8 Å². The number of rotatable bonds is 3. The molecule has 3 rings (SSSR count). The average molecular weight is 380 g/mol. The van der Waals surface area contributed by atoms with Crippen LogP contribution in [0.3, 0.4) is 0 Å². The SMILES string of the molecule is CN(C)c1ccc(-c2ccc(C3=C(C#N)C(=C(C#N)C#N)OC3(C)C)cc2)cc1. The zero-order valence-electron chi connectivity index (χ0n) is 16.8. The Balaban J connectivity index is 2.05.